The maximum absolute atomic E-state index is 10.7. The van der Waals surface area contributed by atoms with Crippen molar-refractivity contribution in [2.24, 2.45) is 0 Å². The zero-order valence-corrected chi connectivity index (χ0v) is 16.2. The molecule has 0 saturated heterocycles. The molecular formula is C21H43NO. The van der Waals surface area contributed by atoms with Gasteiger partial charge in [-0.3, -0.25) is 0 Å². The smallest absolute Gasteiger partial charge is 0.136 e. The molecule has 0 aromatic carbocycles. The van der Waals surface area contributed by atoms with Crippen molar-refractivity contribution in [1.82, 2.24) is 5.32 Å². The molecule has 0 bridgehead atoms. The molecule has 0 heterocycles. The van der Waals surface area contributed by atoms with Crippen molar-refractivity contribution in [3.8, 4) is 0 Å². The highest BCUT2D eigenvalue weighted by Gasteiger charge is 2.08. The second-order valence-corrected chi connectivity index (χ2v) is 7.23. The Hall–Kier alpha value is -0.370. The van der Waals surface area contributed by atoms with E-state index in [1.807, 2.05) is 6.92 Å². The van der Waals surface area contributed by atoms with Gasteiger partial charge in [-0.1, -0.05) is 97.3 Å². The van der Waals surface area contributed by atoms with Crippen molar-refractivity contribution in [2.45, 2.75) is 129 Å². The van der Waals surface area contributed by atoms with E-state index in [0.29, 0.717) is 6.04 Å². The average Bonchev–Trinajstić information content (AvgIpc) is 2.57. The maximum Gasteiger partial charge on any atom is 0.136 e. The molecule has 2 atom stereocenters. The molecule has 0 spiro atoms. The summed E-state index contributed by atoms with van der Waals surface area (Å²) in [6.07, 6.45) is 21.6. The molecule has 0 rings (SSSR count). The Bertz CT molecular complexity index is 242. The summed E-state index contributed by atoms with van der Waals surface area (Å²) >= 11 is 0. The first-order chi connectivity index (χ1) is 11.2. The molecule has 1 unspecified atom stereocenters. The van der Waals surface area contributed by atoms with Gasteiger partial charge in [-0.25, -0.2) is 0 Å². The molecule has 138 valence electrons. The fraction of sp³-hybridized carbons (Fsp3) is 0.952. The van der Waals surface area contributed by atoms with Gasteiger partial charge in [-0.15, -0.1) is 0 Å². The van der Waals surface area contributed by atoms with Crippen LogP contribution >= 0.6 is 0 Å². The predicted octanol–water partition coefficient (Wildman–Crippen LogP) is 6.42. The monoisotopic (exact) mass is 325 g/mol. The second-order valence-electron chi connectivity index (χ2n) is 7.23. The topological polar surface area (TPSA) is 29.1 Å². The number of carbonyl (C=O) groups is 1. The third-order valence-electron chi connectivity index (χ3n) is 4.85. The predicted molar refractivity (Wildman–Crippen MR) is 103 cm³/mol. The van der Waals surface area contributed by atoms with Gasteiger partial charge in [0.1, 0.15) is 6.29 Å². The van der Waals surface area contributed by atoms with E-state index in [9.17, 15) is 4.79 Å². The molecule has 2 nitrogen and oxygen atoms in total. The van der Waals surface area contributed by atoms with E-state index in [1.165, 1.54) is 89.9 Å². The highest BCUT2D eigenvalue weighted by atomic mass is 16.1. The van der Waals surface area contributed by atoms with Crippen LogP contribution in [0.2, 0.25) is 0 Å². The van der Waals surface area contributed by atoms with Crippen LogP contribution in [-0.4, -0.2) is 18.4 Å². The van der Waals surface area contributed by atoms with E-state index >= 15 is 0 Å². The van der Waals surface area contributed by atoms with Crippen LogP contribution in [0.15, 0.2) is 0 Å². The van der Waals surface area contributed by atoms with Crippen LogP contribution in [0.3, 0.4) is 0 Å². The lowest BCUT2D eigenvalue weighted by Gasteiger charge is -2.18. The molecule has 0 aliphatic heterocycles. The number of aldehydes is 1. The van der Waals surface area contributed by atoms with E-state index in [2.05, 4.69) is 19.2 Å². The average molecular weight is 326 g/mol. The van der Waals surface area contributed by atoms with E-state index in [4.69, 9.17) is 0 Å². The highest BCUT2D eigenvalue weighted by molar-refractivity contribution is 5.56. The van der Waals surface area contributed by atoms with E-state index < -0.39 is 0 Å². The first-order valence-electron chi connectivity index (χ1n) is 10.5. The standard InChI is InChI=1S/C21H43NO/c1-4-6-7-8-9-10-11-12-13-14-15-16-17-18-21(5-2)22-20(3)19-23/h19-22H,4-18H2,1-3H3/t20-,21?/m0/s1. The minimum atomic E-state index is 0.00178. The highest BCUT2D eigenvalue weighted by Crippen LogP contribution is 2.14. The van der Waals surface area contributed by atoms with Crippen molar-refractivity contribution in [3.63, 3.8) is 0 Å². The molecule has 23 heavy (non-hydrogen) atoms. The van der Waals surface area contributed by atoms with Gasteiger partial charge in [0.05, 0.1) is 6.04 Å². The van der Waals surface area contributed by atoms with E-state index in [1.54, 1.807) is 0 Å². The van der Waals surface area contributed by atoms with Gasteiger partial charge in [0.15, 0.2) is 0 Å². The van der Waals surface area contributed by atoms with Crippen LogP contribution < -0.4 is 5.32 Å². The zero-order chi connectivity index (χ0) is 17.2. The second kappa shape index (κ2) is 18.0. The number of rotatable bonds is 18. The Labute approximate surface area is 146 Å². The first-order valence-corrected chi connectivity index (χ1v) is 10.5. The SMILES string of the molecule is CCCCCCCCCCCCCCCC(CC)N[C@@H](C)C=O. The molecule has 0 radical (unpaired) electrons. The van der Waals surface area contributed by atoms with Crippen LogP contribution in [0.25, 0.3) is 0 Å². The molecule has 0 fully saturated rings. The van der Waals surface area contributed by atoms with Crippen molar-refractivity contribution in [1.29, 1.82) is 0 Å². The zero-order valence-electron chi connectivity index (χ0n) is 16.2. The lowest BCUT2D eigenvalue weighted by molar-refractivity contribution is -0.109. The summed E-state index contributed by atoms with van der Waals surface area (Å²) in [7, 11) is 0. The van der Waals surface area contributed by atoms with Crippen LogP contribution in [0.4, 0.5) is 0 Å². The van der Waals surface area contributed by atoms with E-state index in [0.717, 1.165) is 12.7 Å². The molecule has 2 heteroatoms. The number of unbranched alkanes of at least 4 members (excludes halogenated alkanes) is 12. The maximum atomic E-state index is 10.7. The minimum absolute atomic E-state index is 0.00178. The van der Waals surface area contributed by atoms with Gasteiger partial charge in [0, 0.05) is 6.04 Å². The molecule has 0 aliphatic rings. The lowest BCUT2D eigenvalue weighted by atomic mass is 10.0. The molecule has 0 aliphatic carbocycles. The largest absolute Gasteiger partial charge is 0.305 e. The van der Waals surface area contributed by atoms with Gasteiger partial charge < -0.3 is 10.1 Å². The molecule has 0 aromatic heterocycles. The van der Waals surface area contributed by atoms with Gasteiger partial charge >= 0.3 is 0 Å². The number of nitrogens with one attached hydrogen (secondary N) is 1. The van der Waals surface area contributed by atoms with Crippen molar-refractivity contribution < 1.29 is 4.79 Å². The Morgan fingerprint density at radius 2 is 1.17 bits per heavy atom. The van der Waals surface area contributed by atoms with Gasteiger partial charge in [0.2, 0.25) is 0 Å². The van der Waals surface area contributed by atoms with Gasteiger partial charge in [0.25, 0.3) is 0 Å². The number of hydrogen-bond acceptors (Lipinski definition) is 2. The minimum Gasteiger partial charge on any atom is -0.305 e. The van der Waals surface area contributed by atoms with Crippen molar-refractivity contribution >= 4 is 6.29 Å². The summed E-state index contributed by atoms with van der Waals surface area (Å²) in [6, 6.07) is 0.518. The van der Waals surface area contributed by atoms with Crippen molar-refractivity contribution in [3.05, 3.63) is 0 Å². The fourth-order valence-corrected chi connectivity index (χ4v) is 3.22. The third kappa shape index (κ3) is 16.3. The number of carbonyl (C=O) groups excluding carboxylic acids is 1. The lowest BCUT2D eigenvalue weighted by Crippen LogP contribution is -2.36. The Kier molecular flexibility index (Phi) is 17.7. The normalized spacial score (nSPS) is 13.9. The van der Waals surface area contributed by atoms with Crippen LogP contribution in [0.1, 0.15) is 117 Å². The first kappa shape index (κ1) is 22.6. The van der Waals surface area contributed by atoms with Crippen molar-refractivity contribution in [2.75, 3.05) is 0 Å². The summed E-state index contributed by atoms with van der Waals surface area (Å²) in [5.41, 5.74) is 0. The third-order valence-corrected chi connectivity index (χ3v) is 4.85. The number of hydrogen-bond donors (Lipinski definition) is 1. The Balaban J connectivity index is 3.24. The quantitative estimate of drug-likeness (QED) is 0.232. The summed E-state index contributed by atoms with van der Waals surface area (Å²) in [6.45, 7) is 6.43. The summed E-state index contributed by atoms with van der Waals surface area (Å²) in [5.74, 6) is 0. The summed E-state index contributed by atoms with van der Waals surface area (Å²) < 4.78 is 0. The molecular weight excluding hydrogens is 282 g/mol. The van der Waals surface area contributed by atoms with Gasteiger partial charge in [-0.2, -0.15) is 0 Å². The Morgan fingerprint density at radius 1 is 0.739 bits per heavy atom. The molecule has 0 saturated carbocycles. The summed E-state index contributed by atoms with van der Waals surface area (Å²) in [5, 5.41) is 3.39. The van der Waals surface area contributed by atoms with Crippen LogP contribution in [-0.2, 0) is 4.79 Å². The summed E-state index contributed by atoms with van der Waals surface area (Å²) in [4.78, 5) is 10.7. The van der Waals surface area contributed by atoms with Gasteiger partial charge in [-0.05, 0) is 19.8 Å². The molecule has 1 N–H and O–H groups in total. The van der Waals surface area contributed by atoms with E-state index in [-0.39, 0.29) is 6.04 Å². The fourth-order valence-electron chi connectivity index (χ4n) is 3.22. The van der Waals surface area contributed by atoms with Crippen LogP contribution in [0.5, 0.6) is 0 Å². The van der Waals surface area contributed by atoms with Crippen LogP contribution in [0, 0.1) is 0 Å². The Morgan fingerprint density at radius 3 is 1.57 bits per heavy atom. The molecule has 0 amide bonds. The molecule has 0 aromatic rings.